The zero-order valence-electron chi connectivity index (χ0n) is 10.2. The lowest BCUT2D eigenvalue weighted by Gasteiger charge is -2.06. The molecular formula is C11H16ClN5S. The minimum Gasteiger partial charge on any atom is -0.368 e. The number of unbranched alkanes of at least 4 members (excludes halogenated alkanes) is 2. The molecule has 0 bridgehead atoms. The van der Waals surface area contributed by atoms with Crippen LogP contribution in [0.5, 0.6) is 0 Å². The third-order valence-electron chi connectivity index (χ3n) is 2.58. The summed E-state index contributed by atoms with van der Waals surface area (Å²) in [5, 5.41) is 3.50. The van der Waals surface area contributed by atoms with Crippen molar-refractivity contribution >= 4 is 40.3 Å². The van der Waals surface area contributed by atoms with Crippen molar-refractivity contribution in [1.82, 2.24) is 19.9 Å². The Balaban J connectivity index is 1.89. The molecule has 0 spiro atoms. The Morgan fingerprint density at radius 1 is 1.33 bits per heavy atom. The zero-order valence-corrected chi connectivity index (χ0v) is 11.8. The second kappa shape index (κ2) is 6.80. The minimum absolute atomic E-state index is 0.222. The van der Waals surface area contributed by atoms with Crippen LogP contribution in [0.3, 0.4) is 0 Å². The van der Waals surface area contributed by atoms with Crippen LogP contribution in [-0.4, -0.2) is 38.5 Å². The number of imidazole rings is 1. The maximum atomic E-state index is 5.84. The average molecular weight is 286 g/mol. The molecule has 2 rings (SSSR count). The van der Waals surface area contributed by atoms with E-state index >= 15 is 0 Å². The molecule has 0 fully saturated rings. The monoisotopic (exact) mass is 285 g/mol. The van der Waals surface area contributed by atoms with Gasteiger partial charge in [-0.15, -0.1) is 0 Å². The number of nitrogens with zero attached hydrogens (tertiary/aromatic N) is 3. The van der Waals surface area contributed by atoms with Crippen LogP contribution in [0.15, 0.2) is 6.33 Å². The number of aromatic amines is 1. The maximum absolute atomic E-state index is 5.84. The summed E-state index contributed by atoms with van der Waals surface area (Å²) in [7, 11) is 0. The number of rotatable bonds is 7. The molecule has 0 radical (unpaired) electrons. The zero-order chi connectivity index (χ0) is 12.8. The number of H-pyrrole nitrogens is 1. The normalized spacial score (nSPS) is 11.0. The molecule has 0 aliphatic heterocycles. The molecule has 0 aliphatic rings. The molecule has 0 amide bonds. The van der Waals surface area contributed by atoms with Gasteiger partial charge in [0.15, 0.2) is 11.5 Å². The minimum atomic E-state index is 0.222. The van der Waals surface area contributed by atoms with E-state index in [1.807, 2.05) is 11.8 Å². The van der Waals surface area contributed by atoms with Gasteiger partial charge < -0.3 is 10.3 Å². The molecule has 2 aromatic heterocycles. The van der Waals surface area contributed by atoms with Gasteiger partial charge in [-0.3, -0.25) is 0 Å². The van der Waals surface area contributed by atoms with Gasteiger partial charge in [0.25, 0.3) is 0 Å². The molecule has 2 N–H and O–H groups in total. The van der Waals surface area contributed by atoms with Crippen molar-refractivity contribution in [2.45, 2.75) is 19.3 Å². The van der Waals surface area contributed by atoms with Gasteiger partial charge >= 0.3 is 0 Å². The molecule has 2 heterocycles. The van der Waals surface area contributed by atoms with E-state index in [2.05, 4.69) is 31.5 Å². The van der Waals surface area contributed by atoms with Crippen molar-refractivity contribution in [2.24, 2.45) is 0 Å². The van der Waals surface area contributed by atoms with Gasteiger partial charge in [-0.1, -0.05) is 6.42 Å². The first-order chi connectivity index (χ1) is 8.81. The Labute approximate surface area is 115 Å². The molecule has 5 nitrogen and oxygen atoms in total. The lowest BCUT2D eigenvalue weighted by atomic mass is 10.2. The highest BCUT2D eigenvalue weighted by molar-refractivity contribution is 7.98. The van der Waals surface area contributed by atoms with E-state index in [0.717, 1.165) is 24.3 Å². The maximum Gasteiger partial charge on any atom is 0.226 e. The van der Waals surface area contributed by atoms with E-state index in [9.17, 15) is 0 Å². The summed E-state index contributed by atoms with van der Waals surface area (Å²) in [6.07, 6.45) is 7.33. The van der Waals surface area contributed by atoms with Crippen molar-refractivity contribution in [1.29, 1.82) is 0 Å². The van der Waals surface area contributed by atoms with Gasteiger partial charge in [-0.25, -0.2) is 4.98 Å². The first kappa shape index (κ1) is 13.4. The molecule has 0 saturated heterocycles. The van der Waals surface area contributed by atoms with Gasteiger partial charge in [0.05, 0.1) is 6.33 Å². The van der Waals surface area contributed by atoms with Gasteiger partial charge in [0.1, 0.15) is 5.52 Å². The smallest absolute Gasteiger partial charge is 0.226 e. The van der Waals surface area contributed by atoms with E-state index in [-0.39, 0.29) is 5.28 Å². The number of nitrogens with one attached hydrogen (secondary N) is 2. The van der Waals surface area contributed by atoms with Crippen molar-refractivity contribution in [2.75, 3.05) is 23.9 Å². The summed E-state index contributed by atoms with van der Waals surface area (Å²) in [4.78, 5) is 15.3. The fraction of sp³-hybridized carbons (Fsp3) is 0.545. The second-order valence-corrected chi connectivity index (χ2v) is 5.25. The third-order valence-corrected chi connectivity index (χ3v) is 3.44. The van der Waals surface area contributed by atoms with E-state index in [0.29, 0.717) is 5.65 Å². The van der Waals surface area contributed by atoms with Crippen LogP contribution in [0, 0.1) is 0 Å². The van der Waals surface area contributed by atoms with Crippen molar-refractivity contribution in [3.05, 3.63) is 11.6 Å². The Kier molecular flexibility index (Phi) is 5.07. The SMILES string of the molecule is CSCCCCCNc1nc(Cl)nc2nc[nH]c12. The average Bonchev–Trinajstić information content (AvgIpc) is 2.81. The Morgan fingerprint density at radius 3 is 3.06 bits per heavy atom. The molecule has 2 aromatic rings. The van der Waals surface area contributed by atoms with Crippen LogP contribution in [0.4, 0.5) is 5.82 Å². The molecular weight excluding hydrogens is 270 g/mol. The summed E-state index contributed by atoms with van der Waals surface area (Å²) in [6.45, 7) is 0.885. The summed E-state index contributed by atoms with van der Waals surface area (Å²) >= 11 is 7.73. The van der Waals surface area contributed by atoms with E-state index in [1.165, 1.54) is 18.6 Å². The fourth-order valence-corrected chi connectivity index (χ4v) is 2.35. The summed E-state index contributed by atoms with van der Waals surface area (Å²) in [5.74, 6) is 1.96. The van der Waals surface area contributed by atoms with E-state index < -0.39 is 0 Å². The van der Waals surface area contributed by atoms with Crippen LogP contribution in [-0.2, 0) is 0 Å². The molecule has 0 aliphatic carbocycles. The van der Waals surface area contributed by atoms with E-state index in [1.54, 1.807) is 6.33 Å². The molecule has 0 saturated carbocycles. The van der Waals surface area contributed by atoms with Crippen LogP contribution in [0.2, 0.25) is 5.28 Å². The largest absolute Gasteiger partial charge is 0.368 e. The number of hydrogen-bond donors (Lipinski definition) is 2. The molecule has 0 aromatic carbocycles. The van der Waals surface area contributed by atoms with Crippen molar-refractivity contribution in [3.8, 4) is 0 Å². The van der Waals surface area contributed by atoms with Gasteiger partial charge in [-0.05, 0) is 36.5 Å². The number of hydrogen-bond acceptors (Lipinski definition) is 5. The highest BCUT2D eigenvalue weighted by Gasteiger charge is 2.07. The van der Waals surface area contributed by atoms with Gasteiger partial charge in [0, 0.05) is 6.54 Å². The van der Waals surface area contributed by atoms with Crippen LogP contribution in [0.1, 0.15) is 19.3 Å². The second-order valence-electron chi connectivity index (χ2n) is 3.92. The predicted octanol–water partition coefficient (Wildman–Crippen LogP) is 2.95. The number of anilines is 1. The first-order valence-electron chi connectivity index (χ1n) is 5.90. The van der Waals surface area contributed by atoms with Crippen LogP contribution in [0.25, 0.3) is 11.2 Å². The lowest BCUT2D eigenvalue weighted by Crippen LogP contribution is -2.05. The number of aromatic nitrogens is 4. The highest BCUT2D eigenvalue weighted by atomic mass is 35.5. The predicted molar refractivity (Wildman–Crippen MR) is 77.4 cm³/mol. The van der Waals surface area contributed by atoms with Gasteiger partial charge in [0.2, 0.25) is 5.28 Å². The van der Waals surface area contributed by atoms with Crippen molar-refractivity contribution in [3.63, 3.8) is 0 Å². The summed E-state index contributed by atoms with van der Waals surface area (Å²) in [6, 6.07) is 0. The number of thioether (sulfide) groups is 1. The highest BCUT2D eigenvalue weighted by Crippen LogP contribution is 2.18. The fourth-order valence-electron chi connectivity index (χ4n) is 1.69. The summed E-state index contributed by atoms with van der Waals surface area (Å²) in [5.41, 5.74) is 1.41. The molecule has 7 heteroatoms. The lowest BCUT2D eigenvalue weighted by molar-refractivity contribution is 0.748. The van der Waals surface area contributed by atoms with Crippen LogP contribution < -0.4 is 5.32 Å². The van der Waals surface area contributed by atoms with E-state index in [4.69, 9.17) is 11.6 Å². The van der Waals surface area contributed by atoms with Crippen LogP contribution >= 0.6 is 23.4 Å². The molecule has 98 valence electrons. The Bertz CT molecular complexity index is 501. The number of fused-ring (bicyclic) bond motifs is 1. The Hall–Kier alpha value is -1.01. The third kappa shape index (κ3) is 3.49. The first-order valence-corrected chi connectivity index (χ1v) is 7.68. The topological polar surface area (TPSA) is 66.5 Å². The van der Waals surface area contributed by atoms with Crippen molar-refractivity contribution < 1.29 is 0 Å². The standard InChI is InChI=1S/C11H16ClN5S/c1-18-6-4-2-3-5-13-9-8-10(15-7-14-8)17-11(12)16-9/h7H,2-6H2,1H3,(H2,13,14,15,16,17). The number of halogens is 1. The quantitative estimate of drug-likeness (QED) is 0.605. The molecule has 18 heavy (non-hydrogen) atoms. The Morgan fingerprint density at radius 2 is 2.22 bits per heavy atom. The van der Waals surface area contributed by atoms with Gasteiger partial charge in [-0.2, -0.15) is 21.7 Å². The molecule has 0 atom stereocenters. The molecule has 0 unspecified atom stereocenters. The summed E-state index contributed by atoms with van der Waals surface area (Å²) < 4.78 is 0.